The molecule has 0 rings (SSSR count). The zero-order valence-corrected chi connectivity index (χ0v) is 7.82. The Labute approximate surface area is 69.4 Å². The van der Waals surface area contributed by atoms with Crippen molar-refractivity contribution in [3.8, 4) is 0 Å². The molecule has 0 saturated heterocycles. The summed E-state index contributed by atoms with van der Waals surface area (Å²) in [5, 5.41) is 3.12. The number of hydrogen-bond donors (Lipinski definition) is 2. The van der Waals surface area contributed by atoms with Gasteiger partial charge in [-0.1, -0.05) is 0 Å². The average Bonchev–Trinajstić information content (AvgIpc) is 1.89. The fourth-order valence-electron chi connectivity index (χ4n) is 0.808. The fraction of sp³-hybridized carbons (Fsp3) is 1.00. The van der Waals surface area contributed by atoms with Gasteiger partial charge in [-0.15, -0.1) is 0 Å². The minimum absolute atomic E-state index is 0.954. The summed E-state index contributed by atoms with van der Waals surface area (Å²) in [5.74, 6) is 0.954. The second-order valence-electron chi connectivity index (χ2n) is 2.48. The first-order chi connectivity index (χ1) is 4.81. The van der Waals surface area contributed by atoms with Gasteiger partial charge >= 0.3 is 0 Å². The summed E-state index contributed by atoms with van der Waals surface area (Å²) < 4.78 is 0. The van der Waals surface area contributed by atoms with Gasteiger partial charge in [0.25, 0.3) is 0 Å². The molecule has 0 radical (unpaired) electrons. The molecule has 0 aromatic heterocycles. The average molecular weight is 162 g/mol. The molecule has 0 heterocycles. The van der Waals surface area contributed by atoms with E-state index in [0.29, 0.717) is 0 Å². The van der Waals surface area contributed by atoms with Gasteiger partial charge in [0.15, 0.2) is 0 Å². The largest absolute Gasteiger partial charge is 0.320 e. The van der Waals surface area contributed by atoms with Crippen LogP contribution in [0, 0.1) is 0 Å². The van der Waals surface area contributed by atoms with Crippen LogP contribution in [0.5, 0.6) is 0 Å². The number of thiol groups is 1. The smallest absolute Gasteiger partial charge is 0.00668 e. The molecule has 0 fully saturated rings. The molecule has 1 N–H and O–H groups in total. The van der Waals surface area contributed by atoms with E-state index < -0.39 is 0 Å². The van der Waals surface area contributed by atoms with Crippen molar-refractivity contribution in [2.45, 2.75) is 6.42 Å². The first-order valence-corrected chi connectivity index (χ1v) is 4.38. The monoisotopic (exact) mass is 162 g/mol. The molecule has 0 aromatic carbocycles. The van der Waals surface area contributed by atoms with Crippen LogP contribution in [0.1, 0.15) is 6.42 Å². The highest BCUT2D eigenvalue weighted by Crippen LogP contribution is 1.86. The predicted molar refractivity (Wildman–Crippen MR) is 49.9 cm³/mol. The van der Waals surface area contributed by atoms with Crippen LogP contribution >= 0.6 is 12.6 Å². The number of nitrogens with zero attached hydrogens (tertiary/aromatic N) is 1. The van der Waals surface area contributed by atoms with Crippen molar-refractivity contribution < 1.29 is 0 Å². The molecule has 3 heteroatoms. The van der Waals surface area contributed by atoms with Crippen molar-refractivity contribution in [3.05, 3.63) is 0 Å². The van der Waals surface area contributed by atoms with E-state index in [1.807, 2.05) is 7.05 Å². The van der Waals surface area contributed by atoms with Crippen molar-refractivity contribution in [1.82, 2.24) is 10.2 Å². The maximum Gasteiger partial charge on any atom is 0.00668 e. The molecule has 62 valence electrons. The standard InChI is InChI=1S/C7H18N2S/c1-8-4-3-5-9(2)6-7-10/h8,10H,3-7H2,1-2H3. The maximum absolute atomic E-state index is 4.15. The fourth-order valence-corrected chi connectivity index (χ4v) is 1.15. The Morgan fingerprint density at radius 1 is 1.40 bits per heavy atom. The van der Waals surface area contributed by atoms with Gasteiger partial charge in [-0.3, -0.25) is 0 Å². The highest BCUT2D eigenvalue weighted by Gasteiger charge is 1.93. The molecule has 0 aromatic rings. The topological polar surface area (TPSA) is 15.3 Å². The second-order valence-corrected chi connectivity index (χ2v) is 2.93. The van der Waals surface area contributed by atoms with Gasteiger partial charge in [0.1, 0.15) is 0 Å². The summed E-state index contributed by atoms with van der Waals surface area (Å²) >= 11 is 4.15. The summed E-state index contributed by atoms with van der Waals surface area (Å²) in [5.41, 5.74) is 0. The molecule has 0 spiro atoms. The second kappa shape index (κ2) is 7.38. The van der Waals surface area contributed by atoms with Crippen molar-refractivity contribution in [2.75, 3.05) is 39.5 Å². The minimum atomic E-state index is 0.954. The lowest BCUT2D eigenvalue weighted by atomic mass is 10.4. The van der Waals surface area contributed by atoms with Crippen molar-refractivity contribution >= 4 is 12.6 Å². The van der Waals surface area contributed by atoms with Gasteiger partial charge < -0.3 is 10.2 Å². The van der Waals surface area contributed by atoms with E-state index in [1.165, 1.54) is 13.0 Å². The zero-order chi connectivity index (χ0) is 7.82. The van der Waals surface area contributed by atoms with Gasteiger partial charge in [0.05, 0.1) is 0 Å². The van der Waals surface area contributed by atoms with E-state index in [2.05, 4.69) is 29.9 Å². The van der Waals surface area contributed by atoms with Crippen LogP contribution in [0.2, 0.25) is 0 Å². The van der Waals surface area contributed by atoms with Gasteiger partial charge in [-0.25, -0.2) is 0 Å². The summed E-state index contributed by atoms with van der Waals surface area (Å²) in [4.78, 5) is 2.30. The number of hydrogen-bond acceptors (Lipinski definition) is 3. The van der Waals surface area contributed by atoms with Crippen LogP contribution in [0.3, 0.4) is 0 Å². The number of nitrogens with one attached hydrogen (secondary N) is 1. The van der Waals surface area contributed by atoms with Crippen LogP contribution in [0.25, 0.3) is 0 Å². The molecule has 0 saturated carbocycles. The molecule has 0 aliphatic heterocycles. The SMILES string of the molecule is CNCCCN(C)CCS. The molecule has 0 unspecified atom stereocenters. The zero-order valence-electron chi connectivity index (χ0n) is 6.93. The molecular formula is C7H18N2S. The van der Waals surface area contributed by atoms with Gasteiger partial charge in [-0.05, 0) is 33.6 Å². The first-order valence-electron chi connectivity index (χ1n) is 3.75. The van der Waals surface area contributed by atoms with E-state index in [4.69, 9.17) is 0 Å². The lowest BCUT2D eigenvalue weighted by Gasteiger charge is -2.14. The molecule has 0 aliphatic carbocycles. The molecule has 0 atom stereocenters. The van der Waals surface area contributed by atoms with Crippen LogP contribution in [-0.2, 0) is 0 Å². The van der Waals surface area contributed by atoms with E-state index >= 15 is 0 Å². The highest BCUT2D eigenvalue weighted by atomic mass is 32.1. The van der Waals surface area contributed by atoms with E-state index in [9.17, 15) is 0 Å². The third-order valence-electron chi connectivity index (χ3n) is 1.45. The summed E-state index contributed by atoms with van der Waals surface area (Å²) in [6.45, 7) is 3.37. The Bertz CT molecular complexity index is 68.6. The lowest BCUT2D eigenvalue weighted by molar-refractivity contribution is 0.349. The maximum atomic E-state index is 4.15. The Morgan fingerprint density at radius 2 is 2.10 bits per heavy atom. The lowest BCUT2D eigenvalue weighted by Crippen LogP contribution is -2.24. The van der Waals surface area contributed by atoms with Crippen LogP contribution in [0.4, 0.5) is 0 Å². The third kappa shape index (κ3) is 6.39. The van der Waals surface area contributed by atoms with Gasteiger partial charge in [-0.2, -0.15) is 12.6 Å². The predicted octanol–water partition coefficient (Wildman–Crippen LogP) is 0.458. The van der Waals surface area contributed by atoms with E-state index in [0.717, 1.165) is 18.8 Å². The van der Waals surface area contributed by atoms with Gasteiger partial charge in [0.2, 0.25) is 0 Å². The molecule has 0 bridgehead atoms. The first kappa shape index (κ1) is 10.3. The normalized spacial score (nSPS) is 10.8. The van der Waals surface area contributed by atoms with Crippen molar-refractivity contribution in [2.24, 2.45) is 0 Å². The van der Waals surface area contributed by atoms with Gasteiger partial charge in [0, 0.05) is 12.3 Å². The van der Waals surface area contributed by atoms with Crippen LogP contribution in [0.15, 0.2) is 0 Å². The molecule has 0 aliphatic rings. The molecule has 10 heavy (non-hydrogen) atoms. The molecular weight excluding hydrogens is 144 g/mol. The highest BCUT2D eigenvalue weighted by molar-refractivity contribution is 7.80. The van der Waals surface area contributed by atoms with Crippen LogP contribution in [-0.4, -0.2) is 44.4 Å². The Morgan fingerprint density at radius 3 is 2.60 bits per heavy atom. The summed E-state index contributed by atoms with van der Waals surface area (Å²) in [7, 11) is 4.12. The van der Waals surface area contributed by atoms with Crippen molar-refractivity contribution in [1.29, 1.82) is 0 Å². The quantitative estimate of drug-likeness (QED) is 0.436. The van der Waals surface area contributed by atoms with Crippen LogP contribution < -0.4 is 5.32 Å². The summed E-state index contributed by atoms with van der Waals surface area (Å²) in [6.07, 6.45) is 1.22. The Balaban J connectivity index is 2.97. The molecule has 2 nitrogen and oxygen atoms in total. The van der Waals surface area contributed by atoms with Crippen molar-refractivity contribution in [3.63, 3.8) is 0 Å². The Kier molecular flexibility index (Phi) is 7.58. The minimum Gasteiger partial charge on any atom is -0.320 e. The third-order valence-corrected chi connectivity index (χ3v) is 1.65. The molecule has 0 amide bonds. The number of rotatable bonds is 6. The summed E-state index contributed by atoms with van der Waals surface area (Å²) in [6, 6.07) is 0. The Hall–Kier alpha value is 0.270. The van der Waals surface area contributed by atoms with E-state index in [-0.39, 0.29) is 0 Å². The van der Waals surface area contributed by atoms with E-state index in [1.54, 1.807) is 0 Å².